The number of nitrogens with two attached hydrogens (primary N) is 1. The van der Waals surface area contributed by atoms with E-state index in [9.17, 15) is 0 Å². The lowest BCUT2D eigenvalue weighted by Crippen LogP contribution is -2.23. The zero-order valence-corrected chi connectivity index (χ0v) is 16.3. The summed E-state index contributed by atoms with van der Waals surface area (Å²) in [5.41, 5.74) is 8.80. The highest BCUT2D eigenvalue weighted by Gasteiger charge is 1.96. The summed E-state index contributed by atoms with van der Waals surface area (Å²) in [7, 11) is 0. The maximum Gasteiger partial charge on any atom is 0.184 e. The second-order valence-corrected chi connectivity index (χ2v) is 6.77. The van der Waals surface area contributed by atoms with E-state index in [0.717, 1.165) is 24.3 Å². The van der Waals surface area contributed by atoms with Gasteiger partial charge in [0.15, 0.2) is 5.11 Å². The van der Waals surface area contributed by atoms with Crippen LogP contribution in [0.3, 0.4) is 0 Å². The van der Waals surface area contributed by atoms with E-state index in [1.165, 1.54) is 57.8 Å². The molecular formula is C20H33N3OS. The van der Waals surface area contributed by atoms with Crippen molar-refractivity contribution in [3.8, 4) is 5.75 Å². The van der Waals surface area contributed by atoms with E-state index in [0.29, 0.717) is 0 Å². The van der Waals surface area contributed by atoms with Crippen LogP contribution >= 0.6 is 12.2 Å². The highest BCUT2D eigenvalue weighted by atomic mass is 32.1. The number of unbranched alkanes of at least 4 members (excludes halogenated alkanes) is 9. The molecule has 0 fully saturated rings. The molecule has 0 bridgehead atoms. The predicted molar refractivity (Wildman–Crippen MR) is 111 cm³/mol. The molecule has 140 valence electrons. The molecule has 0 saturated carbocycles. The molecule has 25 heavy (non-hydrogen) atoms. The first-order valence-electron chi connectivity index (χ1n) is 9.53. The van der Waals surface area contributed by atoms with Crippen molar-refractivity contribution in [3.63, 3.8) is 0 Å². The zero-order valence-electron chi connectivity index (χ0n) is 15.5. The van der Waals surface area contributed by atoms with Gasteiger partial charge >= 0.3 is 0 Å². The number of ether oxygens (including phenoxy) is 1. The van der Waals surface area contributed by atoms with Gasteiger partial charge in [0.25, 0.3) is 0 Å². The van der Waals surface area contributed by atoms with E-state index in [1.54, 1.807) is 6.21 Å². The van der Waals surface area contributed by atoms with Crippen LogP contribution < -0.4 is 15.9 Å². The molecule has 0 radical (unpaired) electrons. The molecule has 0 spiro atoms. The standard InChI is InChI=1S/C20H33N3OS/c1-2-3-4-5-6-7-8-9-10-11-16-24-19-14-12-18(13-15-19)17-22-23-20(21)25/h12-15,17H,2-11,16H2,1H3,(H3,21,23,25). The molecule has 1 aromatic rings. The van der Waals surface area contributed by atoms with Gasteiger partial charge in [-0.1, -0.05) is 64.7 Å². The Balaban J connectivity index is 2.01. The number of rotatable bonds is 14. The minimum Gasteiger partial charge on any atom is -0.494 e. The monoisotopic (exact) mass is 363 g/mol. The molecule has 3 N–H and O–H groups in total. The van der Waals surface area contributed by atoms with Crippen LogP contribution in [0.15, 0.2) is 29.4 Å². The molecule has 0 aliphatic heterocycles. The van der Waals surface area contributed by atoms with E-state index in [2.05, 4.69) is 29.7 Å². The van der Waals surface area contributed by atoms with Crippen molar-refractivity contribution in [3.05, 3.63) is 29.8 Å². The van der Waals surface area contributed by atoms with Crippen LogP contribution in [-0.4, -0.2) is 17.9 Å². The van der Waals surface area contributed by atoms with Gasteiger partial charge in [0.05, 0.1) is 12.8 Å². The number of nitrogens with zero attached hydrogens (tertiary/aromatic N) is 1. The maximum absolute atomic E-state index is 5.77. The summed E-state index contributed by atoms with van der Waals surface area (Å²) in [4.78, 5) is 0. The minimum absolute atomic E-state index is 0.160. The summed E-state index contributed by atoms with van der Waals surface area (Å²) in [5.74, 6) is 0.898. The van der Waals surface area contributed by atoms with Crippen LogP contribution in [0.4, 0.5) is 0 Å². The minimum atomic E-state index is 0.160. The Hall–Kier alpha value is -1.62. The van der Waals surface area contributed by atoms with Crippen LogP contribution in [0.5, 0.6) is 5.75 Å². The zero-order chi connectivity index (χ0) is 18.2. The number of nitrogens with one attached hydrogen (secondary N) is 1. The molecule has 1 rings (SSSR count). The lowest BCUT2D eigenvalue weighted by atomic mass is 10.1. The van der Waals surface area contributed by atoms with Crippen LogP contribution in [0.1, 0.15) is 76.7 Å². The van der Waals surface area contributed by atoms with Crippen molar-refractivity contribution >= 4 is 23.5 Å². The van der Waals surface area contributed by atoms with Gasteiger partial charge < -0.3 is 10.5 Å². The number of hydrogen-bond donors (Lipinski definition) is 2. The third-order valence-electron chi connectivity index (χ3n) is 4.04. The third-order valence-corrected chi connectivity index (χ3v) is 4.13. The molecule has 0 saturated heterocycles. The molecular weight excluding hydrogens is 330 g/mol. The first-order valence-corrected chi connectivity index (χ1v) is 9.94. The Morgan fingerprint density at radius 2 is 1.56 bits per heavy atom. The van der Waals surface area contributed by atoms with Crippen LogP contribution in [0.25, 0.3) is 0 Å². The van der Waals surface area contributed by atoms with Crippen molar-refractivity contribution in [2.24, 2.45) is 10.8 Å². The molecule has 5 heteroatoms. The Morgan fingerprint density at radius 1 is 1.00 bits per heavy atom. The maximum atomic E-state index is 5.77. The van der Waals surface area contributed by atoms with Gasteiger partial charge in [-0.2, -0.15) is 5.10 Å². The number of hydrazone groups is 1. The van der Waals surface area contributed by atoms with E-state index in [-0.39, 0.29) is 5.11 Å². The lowest BCUT2D eigenvalue weighted by Gasteiger charge is -2.06. The Morgan fingerprint density at radius 3 is 2.12 bits per heavy atom. The van der Waals surface area contributed by atoms with E-state index < -0.39 is 0 Å². The number of thiocarbonyl (C=S) groups is 1. The van der Waals surface area contributed by atoms with Gasteiger partial charge in [-0.25, -0.2) is 0 Å². The molecule has 0 aliphatic carbocycles. The average Bonchev–Trinajstić information content (AvgIpc) is 2.60. The van der Waals surface area contributed by atoms with Gasteiger partial charge in [0.1, 0.15) is 5.75 Å². The van der Waals surface area contributed by atoms with Gasteiger partial charge in [-0.05, 0) is 48.5 Å². The fourth-order valence-corrected chi connectivity index (χ4v) is 2.65. The molecule has 1 aromatic carbocycles. The van der Waals surface area contributed by atoms with Crippen molar-refractivity contribution < 1.29 is 4.74 Å². The van der Waals surface area contributed by atoms with Crippen LogP contribution in [0.2, 0.25) is 0 Å². The summed E-state index contributed by atoms with van der Waals surface area (Å²) < 4.78 is 5.77. The van der Waals surface area contributed by atoms with E-state index >= 15 is 0 Å². The third kappa shape index (κ3) is 12.4. The molecule has 4 nitrogen and oxygen atoms in total. The van der Waals surface area contributed by atoms with Crippen molar-refractivity contribution in [1.82, 2.24) is 5.43 Å². The molecule has 0 atom stereocenters. The summed E-state index contributed by atoms with van der Waals surface area (Å²) in [6.07, 6.45) is 15.1. The van der Waals surface area contributed by atoms with Crippen molar-refractivity contribution in [2.75, 3.05) is 6.61 Å². The summed E-state index contributed by atoms with van der Waals surface area (Å²) >= 11 is 4.68. The molecule has 0 aliphatic rings. The molecule has 0 amide bonds. The fourth-order valence-electron chi connectivity index (χ4n) is 2.60. The topological polar surface area (TPSA) is 59.6 Å². The summed E-state index contributed by atoms with van der Waals surface area (Å²) in [6, 6.07) is 7.83. The summed E-state index contributed by atoms with van der Waals surface area (Å²) in [5, 5.41) is 4.08. The predicted octanol–water partition coefficient (Wildman–Crippen LogP) is 5.15. The van der Waals surface area contributed by atoms with E-state index in [1.807, 2.05) is 24.3 Å². The quantitative estimate of drug-likeness (QED) is 0.208. The summed E-state index contributed by atoms with van der Waals surface area (Å²) in [6.45, 7) is 3.05. The molecule has 0 aromatic heterocycles. The van der Waals surface area contributed by atoms with Gasteiger partial charge in [-0.15, -0.1) is 0 Å². The Kier molecular flexibility index (Phi) is 12.6. The highest BCUT2D eigenvalue weighted by molar-refractivity contribution is 7.80. The average molecular weight is 364 g/mol. The fraction of sp³-hybridized carbons (Fsp3) is 0.600. The number of hydrogen-bond acceptors (Lipinski definition) is 3. The highest BCUT2D eigenvalue weighted by Crippen LogP contribution is 2.13. The van der Waals surface area contributed by atoms with Crippen molar-refractivity contribution in [1.29, 1.82) is 0 Å². The van der Waals surface area contributed by atoms with Gasteiger partial charge in [0.2, 0.25) is 0 Å². The first-order chi connectivity index (χ1) is 12.2. The Labute approximate surface area is 158 Å². The van der Waals surface area contributed by atoms with Gasteiger partial charge in [-0.3, -0.25) is 5.43 Å². The van der Waals surface area contributed by atoms with E-state index in [4.69, 9.17) is 10.5 Å². The normalized spacial score (nSPS) is 10.9. The van der Waals surface area contributed by atoms with Gasteiger partial charge in [0, 0.05) is 0 Å². The lowest BCUT2D eigenvalue weighted by molar-refractivity contribution is 0.304. The molecule has 0 heterocycles. The Bertz CT molecular complexity index is 488. The number of benzene rings is 1. The molecule has 0 unspecified atom stereocenters. The smallest absolute Gasteiger partial charge is 0.184 e. The second kappa shape index (κ2) is 14.7. The SMILES string of the molecule is CCCCCCCCCCCCOc1ccc(C=NNC(N)=S)cc1. The first kappa shape index (κ1) is 21.4. The van der Waals surface area contributed by atoms with Crippen LogP contribution in [-0.2, 0) is 0 Å². The largest absolute Gasteiger partial charge is 0.494 e. The van der Waals surface area contributed by atoms with Crippen LogP contribution in [0, 0.1) is 0 Å². The second-order valence-electron chi connectivity index (χ2n) is 6.33. The van der Waals surface area contributed by atoms with Crippen molar-refractivity contribution in [2.45, 2.75) is 71.1 Å².